The summed E-state index contributed by atoms with van der Waals surface area (Å²) in [4.78, 5) is 15.8. The summed E-state index contributed by atoms with van der Waals surface area (Å²) in [5, 5.41) is 10.0. The summed E-state index contributed by atoms with van der Waals surface area (Å²) in [6.45, 7) is 0. The van der Waals surface area contributed by atoms with Crippen LogP contribution in [-0.4, -0.2) is 15.0 Å². The second-order valence-corrected chi connectivity index (χ2v) is 16.6. The molecule has 0 unspecified atom stereocenters. The Kier molecular flexibility index (Phi) is 8.36. The van der Waals surface area contributed by atoms with E-state index in [1.165, 1.54) is 63.6 Å². The molecule has 10 aromatic carbocycles. The van der Waals surface area contributed by atoms with Gasteiger partial charge in [-0.1, -0.05) is 194 Å². The predicted octanol–water partition coefficient (Wildman–Crippen LogP) is 15.7. The van der Waals surface area contributed by atoms with E-state index in [4.69, 9.17) is 15.0 Å². The summed E-state index contributed by atoms with van der Waals surface area (Å²) in [5.74, 6) is 1.89. The van der Waals surface area contributed by atoms with E-state index in [9.17, 15) is 0 Å². The van der Waals surface area contributed by atoms with Crippen molar-refractivity contribution in [2.45, 2.75) is 0 Å². The number of aromatic nitrogens is 3. The average molecular weight is 794 g/mol. The molecule has 12 aromatic rings. The Morgan fingerprint density at radius 3 is 1.72 bits per heavy atom. The molecular formula is C57H35N3S. The summed E-state index contributed by atoms with van der Waals surface area (Å²) in [7, 11) is 0. The molecule has 0 spiro atoms. The summed E-state index contributed by atoms with van der Waals surface area (Å²) in [6.07, 6.45) is 0. The Morgan fingerprint density at radius 1 is 0.279 bits per heavy atom. The van der Waals surface area contributed by atoms with Gasteiger partial charge in [-0.2, -0.15) is 0 Å². The molecule has 2 heterocycles. The third-order valence-electron chi connectivity index (χ3n) is 11.9. The molecule has 61 heavy (non-hydrogen) atoms. The molecule has 3 nitrogen and oxygen atoms in total. The number of fused-ring (bicyclic) bond motifs is 7. The van der Waals surface area contributed by atoms with Crippen molar-refractivity contribution >= 4 is 63.8 Å². The van der Waals surface area contributed by atoms with Crippen LogP contribution in [0.1, 0.15) is 0 Å². The lowest BCUT2D eigenvalue weighted by molar-refractivity contribution is 1.07. The zero-order valence-corrected chi connectivity index (χ0v) is 33.8. The van der Waals surface area contributed by atoms with Crippen LogP contribution in [0.15, 0.2) is 212 Å². The van der Waals surface area contributed by atoms with E-state index in [1.807, 2.05) is 17.4 Å². The first-order valence-corrected chi connectivity index (χ1v) is 21.4. The average Bonchev–Trinajstić information content (AvgIpc) is 3.72. The van der Waals surface area contributed by atoms with Gasteiger partial charge in [0.05, 0.1) is 0 Å². The molecule has 0 amide bonds. The number of hydrogen-bond acceptors (Lipinski definition) is 4. The van der Waals surface area contributed by atoms with E-state index in [1.54, 1.807) is 0 Å². The van der Waals surface area contributed by atoms with Gasteiger partial charge in [0.1, 0.15) is 0 Å². The molecule has 0 bridgehead atoms. The van der Waals surface area contributed by atoms with Crippen molar-refractivity contribution in [3.63, 3.8) is 0 Å². The topological polar surface area (TPSA) is 38.7 Å². The van der Waals surface area contributed by atoms with Gasteiger partial charge in [-0.15, -0.1) is 11.3 Å². The molecule has 0 N–H and O–H groups in total. The Balaban J connectivity index is 1.02. The third kappa shape index (κ3) is 6.07. The molecule has 0 saturated carbocycles. The van der Waals surface area contributed by atoms with Crippen LogP contribution in [-0.2, 0) is 0 Å². The second kappa shape index (κ2) is 14.5. The third-order valence-corrected chi connectivity index (χ3v) is 13.1. The molecule has 0 fully saturated rings. The molecule has 0 atom stereocenters. The number of nitrogens with zero attached hydrogens (tertiary/aromatic N) is 3. The molecule has 0 radical (unpaired) electrons. The van der Waals surface area contributed by atoms with Crippen LogP contribution in [0, 0.1) is 0 Å². The van der Waals surface area contributed by atoms with E-state index in [0.29, 0.717) is 17.5 Å². The highest BCUT2D eigenvalue weighted by molar-refractivity contribution is 7.26. The number of rotatable bonds is 6. The fourth-order valence-electron chi connectivity index (χ4n) is 9.02. The molecule has 0 saturated heterocycles. The van der Waals surface area contributed by atoms with Gasteiger partial charge in [-0.25, -0.2) is 15.0 Å². The van der Waals surface area contributed by atoms with Gasteiger partial charge in [-0.3, -0.25) is 0 Å². The summed E-state index contributed by atoms with van der Waals surface area (Å²) in [6, 6.07) is 75.7. The van der Waals surface area contributed by atoms with Crippen LogP contribution in [0.4, 0.5) is 0 Å². The van der Waals surface area contributed by atoms with Crippen LogP contribution in [0.3, 0.4) is 0 Å². The minimum atomic E-state index is 0.625. The van der Waals surface area contributed by atoms with Gasteiger partial charge in [0.2, 0.25) is 0 Å². The lowest BCUT2D eigenvalue weighted by atomic mass is 9.89. The van der Waals surface area contributed by atoms with Crippen LogP contribution >= 0.6 is 11.3 Å². The Morgan fingerprint density at radius 2 is 0.869 bits per heavy atom. The molecule has 0 aliphatic heterocycles. The maximum Gasteiger partial charge on any atom is 0.164 e. The minimum Gasteiger partial charge on any atom is -0.208 e. The van der Waals surface area contributed by atoms with Crippen molar-refractivity contribution in [3.8, 4) is 67.5 Å². The minimum absolute atomic E-state index is 0.625. The van der Waals surface area contributed by atoms with E-state index in [-0.39, 0.29) is 0 Å². The van der Waals surface area contributed by atoms with Gasteiger partial charge in [0, 0.05) is 36.9 Å². The largest absolute Gasteiger partial charge is 0.208 e. The molecular weight excluding hydrogens is 759 g/mol. The number of thiophene rings is 1. The zero-order valence-electron chi connectivity index (χ0n) is 33.0. The SMILES string of the molecule is c1ccc(-c2ccccc2-c2nc(-c3ccc(-c4c5ccccc5cc5c4ccc4ccccc45)cc3)nc(-c3cccc(-c4cccc5c4sc4ccccc45)c3)n2)cc1. The molecule has 0 aliphatic rings. The van der Waals surface area contributed by atoms with Crippen LogP contribution in [0.2, 0.25) is 0 Å². The summed E-state index contributed by atoms with van der Waals surface area (Å²) < 4.78 is 2.57. The van der Waals surface area contributed by atoms with Crippen LogP contribution in [0.5, 0.6) is 0 Å². The Labute approximate surface area is 356 Å². The number of hydrogen-bond donors (Lipinski definition) is 0. The van der Waals surface area contributed by atoms with Gasteiger partial charge >= 0.3 is 0 Å². The normalized spacial score (nSPS) is 11.6. The quantitative estimate of drug-likeness (QED) is 0.124. The molecule has 0 aliphatic carbocycles. The highest BCUT2D eigenvalue weighted by Crippen LogP contribution is 2.42. The van der Waals surface area contributed by atoms with Gasteiger partial charge in [0.15, 0.2) is 17.5 Å². The predicted molar refractivity (Wildman–Crippen MR) is 258 cm³/mol. The Hall–Kier alpha value is -7.79. The van der Waals surface area contributed by atoms with Gasteiger partial charge in [0.25, 0.3) is 0 Å². The first-order chi connectivity index (χ1) is 30.2. The van der Waals surface area contributed by atoms with Crippen molar-refractivity contribution in [3.05, 3.63) is 212 Å². The monoisotopic (exact) mass is 793 g/mol. The fourth-order valence-corrected chi connectivity index (χ4v) is 10.3. The van der Waals surface area contributed by atoms with E-state index >= 15 is 0 Å². The smallest absolute Gasteiger partial charge is 0.164 e. The first kappa shape index (κ1) is 35.2. The highest BCUT2D eigenvalue weighted by Gasteiger charge is 2.18. The van der Waals surface area contributed by atoms with Crippen LogP contribution < -0.4 is 0 Å². The summed E-state index contributed by atoms with van der Waals surface area (Å²) >= 11 is 1.84. The van der Waals surface area contributed by atoms with Crippen molar-refractivity contribution in [2.75, 3.05) is 0 Å². The molecule has 2 aromatic heterocycles. The number of benzene rings is 10. The zero-order chi connectivity index (χ0) is 40.3. The lowest BCUT2D eigenvalue weighted by Crippen LogP contribution is -2.01. The van der Waals surface area contributed by atoms with E-state index < -0.39 is 0 Å². The van der Waals surface area contributed by atoms with Crippen molar-refractivity contribution in [1.82, 2.24) is 15.0 Å². The highest BCUT2D eigenvalue weighted by atomic mass is 32.1. The Bertz CT molecular complexity index is 3650. The van der Waals surface area contributed by atoms with Crippen molar-refractivity contribution < 1.29 is 0 Å². The first-order valence-electron chi connectivity index (χ1n) is 20.6. The standard InChI is InChI=1S/C57H35N3S/c1-2-14-36(15-3-1)43-20-8-9-24-50(43)57-59-55(58-56(60-57)42-19-12-18-40(34-42)46-25-13-26-49-47-23-10-11-27-52(47)61-54(46)49)39-30-28-38(29-31-39)53-45-22-7-5-17-41(45)35-51-44-21-6-4-16-37(44)32-33-48(51)53/h1-35H. The van der Waals surface area contributed by atoms with Gasteiger partial charge < -0.3 is 0 Å². The van der Waals surface area contributed by atoms with Gasteiger partial charge in [-0.05, 0) is 83.9 Å². The lowest BCUT2D eigenvalue weighted by Gasteiger charge is -2.15. The maximum absolute atomic E-state index is 5.26. The second-order valence-electron chi connectivity index (χ2n) is 15.5. The molecule has 12 rings (SSSR count). The van der Waals surface area contributed by atoms with Crippen LogP contribution in [0.25, 0.3) is 120 Å². The maximum atomic E-state index is 5.26. The van der Waals surface area contributed by atoms with Crippen molar-refractivity contribution in [2.24, 2.45) is 0 Å². The summed E-state index contributed by atoms with van der Waals surface area (Å²) in [5.41, 5.74) is 9.70. The van der Waals surface area contributed by atoms with E-state index in [2.05, 4.69) is 206 Å². The fraction of sp³-hybridized carbons (Fsp3) is 0. The molecule has 4 heteroatoms. The molecule has 284 valence electrons. The van der Waals surface area contributed by atoms with Crippen molar-refractivity contribution in [1.29, 1.82) is 0 Å². The van der Waals surface area contributed by atoms with E-state index in [0.717, 1.165) is 38.9 Å².